The zero-order valence-corrected chi connectivity index (χ0v) is 13.0. The molecule has 0 fully saturated rings. The topological polar surface area (TPSA) is 28.7 Å². The zero-order chi connectivity index (χ0) is 14.7. The maximum absolute atomic E-state index is 4.08. The third-order valence-corrected chi connectivity index (χ3v) is 2.31. The van der Waals surface area contributed by atoms with Gasteiger partial charge < -0.3 is 4.98 Å². The van der Waals surface area contributed by atoms with Crippen LogP contribution in [-0.4, -0.2) is 9.97 Å². The van der Waals surface area contributed by atoms with Crippen LogP contribution in [0.25, 0.3) is 21.8 Å². The number of hydrogen-bond acceptors (Lipinski definition) is 1. The van der Waals surface area contributed by atoms with Crippen LogP contribution in [0.5, 0.6) is 0 Å². The van der Waals surface area contributed by atoms with Crippen LogP contribution in [0.2, 0.25) is 0 Å². The molecule has 3 aromatic rings. The third-order valence-electron chi connectivity index (χ3n) is 2.31. The van der Waals surface area contributed by atoms with Crippen LogP contribution in [0.3, 0.4) is 0 Å². The fourth-order valence-corrected chi connectivity index (χ4v) is 1.70. The summed E-state index contributed by atoms with van der Waals surface area (Å²) in [5, 5.41) is 2.51. The van der Waals surface area contributed by atoms with Crippen molar-refractivity contribution in [1.29, 1.82) is 0 Å². The summed E-state index contributed by atoms with van der Waals surface area (Å²) in [5.41, 5.74) is 2.27. The first-order valence-electron chi connectivity index (χ1n) is 7.25. The molecule has 2 nitrogen and oxygen atoms in total. The summed E-state index contributed by atoms with van der Waals surface area (Å²) >= 11 is 0. The molecule has 0 radical (unpaired) electrons. The van der Waals surface area contributed by atoms with Crippen molar-refractivity contribution in [1.82, 2.24) is 9.97 Å². The van der Waals surface area contributed by atoms with Gasteiger partial charge in [0.2, 0.25) is 0 Å². The van der Waals surface area contributed by atoms with Gasteiger partial charge in [-0.25, -0.2) is 0 Å². The van der Waals surface area contributed by atoms with E-state index in [1.807, 2.05) is 66.1 Å². The van der Waals surface area contributed by atoms with E-state index in [1.165, 1.54) is 16.3 Å². The molecule has 0 saturated heterocycles. The van der Waals surface area contributed by atoms with Gasteiger partial charge in [-0.15, -0.1) is 0 Å². The molecule has 0 atom stereocenters. The summed E-state index contributed by atoms with van der Waals surface area (Å²) in [5.74, 6) is 0. The van der Waals surface area contributed by atoms with E-state index in [4.69, 9.17) is 0 Å². The number of nitrogens with one attached hydrogen (secondary N) is 1. The van der Waals surface area contributed by atoms with Crippen LogP contribution in [0.4, 0.5) is 0 Å². The van der Waals surface area contributed by atoms with Crippen LogP contribution < -0.4 is 0 Å². The molecule has 2 heterocycles. The highest BCUT2D eigenvalue weighted by Crippen LogP contribution is 2.23. The minimum Gasteiger partial charge on any atom is -0.353 e. The number of nitrogens with zero attached hydrogens (tertiary/aromatic N) is 1. The molecule has 0 amide bonds. The number of pyridine rings is 1. The van der Waals surface area contributed by atoms with Gasteiger partial charge in [-0.2, -0.15) is 0 Å². The maximum Gasteiger partial charge on any atom is 0.0651 e. The van der Waals surface area contributed by atoms with E-state index in [0.717, 1.165) is 5.52 Å². The predicted octanol–water partition coefficient (Wildman–Crippen LogP) is 5.79. The summed E-state index contributed by atoms with van der Waals surface area (Å²) < 4.78 is 0. The van der Waals surface area contributed by atoms with E-state index in [0.29, 0.717) is 0 Å². The minimum absolute atomic E-state index is 1.10. The number of hydrogen-bond donors (Lipinski definition) is 1. The van der Waals surface area contributed by atoms with Crippen molar-refractivity contribution in [3.63, 3.8) is 0 Å². The molecular weight excluding hydrogens is 232 g/mol. The van der Waals surface area contributed by atoms with Gasteiger partial charge in [-0.3, -0.25) is 4.98 Å². The Balaban J connectivity index is 0.000000482. The monoisotopic (exact) mass is 258 g/mol. The molecule has 2 heteroatoms. The van der Waals surface area contributed by atoms with Gasteiger partial charge in [0.05, 0.1) is 11.7 Å². The van der Waals surface area contributed by atoms with Gasteiger partial charge >= 0.3 is 0 Å². The first kappa shape index (κ1) is 17.2. The Morgan fingerprint density at radius 2 is 1.32 bits per heavy atom. The van der Waals surface area contributed by atoms with Gasteiger partial charge in [-0.05, 0) is 12.1 Å². The SMILES string of the molecule is CC.CC.CC.c1ccc2c(c1)[nH]c1cnccc12. The number of aromatic nitrogens is 2. The largest absolute Gasteiger partial charge is 0.353 e. The number of rotatable bonds is 0. The van der Waals surface area contributed by atoms with E-state index in [2.05, 4.69) is 28.2 Å². The van der Waals surface area contributed by atoms with E-state index in [-0.39, 0.29) is 0 Å². The third kappa shape index (κ3) is 4.09. The first-order chi connectivity index (χ1) is 9.45. The highest BCUT2D eigenvalue weighted by Gasteiger charge is 2.00. The smallest absolute Gasteiger partial charge is 0.0651 e. The predicted molar refractivity (Wildman–Crippen MR) is 87.6 cm³/mol. The van der Waals surface area contributed by atoms with Gasteiger partial charge in [0, 0.05) is 22.5 Å². The Bertz CT molecular complexity index is 517. The van der Waals surface area contributed by atoms with Gasteiger partial charge in [0.15, 0.2) is 0 Å². The fraction of sp³-hybridized carbons (Fsp3) is 0.353. The van der Waals surface area contributed by atoms with Crippen molar-refractivity contribution >= 4 is 21.8 Å². The lowest BCUT2D eigenvalue weighted by atomic mass is 10.2. The van der Waals surface area contributed by atoms with Crippen LogP contribution in [-0.2, 0) is 0 Å². The molecule has 1 N–H and O–H groups in total. The molecule has 19 heavy (non-hydrogen) atoms. The Morgan fingerprint density at radius 1 is 0.737 bits per heavy atom. The molecule has 104 valence electrons. The molecule has 0 bridgehead atoms. The summed E-state index contributed by atoms with van der Waals surface area (Å²) in [6, 6.07) is 10.3. The molecule has 0 spiro atoms. The summed E-state index contributed by atoms with van der Waals surface area (Å²) in [6.07, 6.45) is 3.68. The van der Waals surface area contributed by atoms with E-state index in [1.54, 1.807) is 0 Å². The van der Waals surface area contributed by atoms with E-state index in [9.17, 15) is 0 Å². The minimum atomic E-state index is 1.10. The lowest BCUT2D eigenvalue weighted by molar-refractivity contribution is 1.35. The van der Waals surface area contributed by atoms with Crippen molar-refractivity contribution in [2.24, 2.45) is 0 Å². The molecular formula is C17H26N2. The Kier molecular flexibility index (Phi) is 9.15. The number of para-hydroxylation sites is 1. The van der Waals surface area contributed by atoms with Crippen molar-refractivity contribution in [2.45, 2.75) is 41.5 Å². The van der Waals surface area contributed by atoms with Crippen LogP contribution in [0.15, 0.2) is 42.7 Å². The fourth-order valence-electron chi connectivity index (χ4n) is 1.70. The van der Waals surface area contributed by atoms with E-state index < -0.39 is 0 Å². The summed E-state index contributed by atoms with van der Waals surface area (Å²) in [7, 11) is 0. The molecule has 0 unspecified atom stereocenters. The van der Waals surface area contributed by atoms with Crippen LogP contribution in [0.1, 0.15) is 41.5 Å². The summed E-state index contributed by atoms with van der Waals surface area (Å²) in [4.78, 5) is 7.39. The number of aromatic amines is 1. The lowest BCUT2D eigenvalue weighted by Crippen LogP contribution is -1.68. The van der Waals surface area contributed by atoms with Gasteiger partial charge in [0.1, 0.15) is 0 Å². The van der Waals surface area contributed by atoms with E-state index >= 15 is 0 Å². The van der Waals surface area contributed by atoms with Crippen molar-refractivity contribution in [3.8, 4) is 0 Å². The molecule has 1 aromatic carbocycles. The maximum atomic E-state index is 4.08. The molecule has 2 aromatic heterocycles. The number of H-pyrrole nitrogens is 1. The second-order valence-corrected chi connectivity index (χ2v) is 3.09. The Labute approximate surface area is 116 Å². The Hall–Kier alpha value is -1.83. The first-order valence-corrected chi connectivity index (χ1v) is 7.25. The van der Waals surface area contributed by atoms with Gasteiger partial charge in [0.25, 0.3) is 0 Å². The average molecular weight is 258 g/mol. The van der Waals surface area contributed by atoms with Crippen molar-refractivity contribution < 1.29 is 0 Å². The van der Waals surface area contributed by atoms with Crippen molar-refractivity contribution in [3.05, 3.63) is 42.7 Å². The molecule has 0 aliphatic carbocycles. The molecule has 0 saturated carbocycles. The Morgan fingerprint density at radius 3 is 2.00 bits per heavy atom. The van der Waals surface area contributed by atoms with Crippen LogP contribution in [0, 0.1) is 0 Å². The second-order valence-electron chi connectivity index (χ2n) is 3.09. The molecule has 0 aliphatic heterocycles. The molecule has 3 rings (SSSR count). The average Bonchev–Trinajstić information content (AvgIpc) is 2.92. The summed E-state index contributed by atoms with van der Waals surface area (Å²) in [6.45, 7) is 12.0. The quantitative estimate of drug-likeness (QED) is 0.542. The number of fused-ring (bicyclic) bond motifs is 3. The standard InChI is InChI=1S/C11H8N2.3C2H6/c1-2-4-10-8(3-1)9-5-6-12-7-11(9)13-10;3*1-2/h1-7,13H;3*1-2H3. The second kappa shape index (κ2) is 10.1. The highest BCUT2D eigenvalue weighted by molar-refractivity contribution is 6.06. The normalized spacial score (nSPS) is 8.53. The lowest BCUT2D eigenvalue weighted by Gasteiger charge is -1.87. The highest BCUT2D eigenvalue weighted by atomic mass is 14.7. The van der Waals surface area contributed by atoms with Crippen molar-refractivity contribution in [2.75, 3.05) is 0 Å². The zero-order valence-electron chi connectivity index (χ0n) is 13.0. The van der Waals surface area contributed by atoms with Crippen LogP contribution >= 0.6 is 0 Å². The molecule has 0 aliphatic rings. The number of benzene rings is 1. The van der Waals surface area contributed by atoms with Gasteiger partial charge in [-0.1, -0.05) is 59.7 Å².